The summed E-state index contributed by atoms with van der Waals surface area (Å²) >= 11 is 0. The normalized spacial score (nSPS) is 11.8. The summed E-state index contributed by atoms with van der Waals surface area (Å²) in [4.78, 5) is 14.7. The molecule has 0 spiro atoms. The van der Waals surface area contributed by atoms with Crippen LogP contribution < -0.4 is 5.32 Å². The maximum absolute atomic E-state index is 13.1. The number of para-hydroxylation sites is 1. The van der Waals surface area contributed by atoms with Crippen LogP contribution in [-0.4, -0.2) is 183 Å². The van der Waals surface area contributed by atoms with E-state index < -0.39 is 17.7 Å². The van der Waals surface area contributed by atoms with Crippen molar-refractivity contribution < 1.29 is 74.8 Å². The summed E-state index contributed by atoms with van der Waals surface area (Å²) in [5.74, 6) is -0.630. The Hall–Kier alpha value is -2.98. The van der Waals surface area contributed by atoms with Crippen molar-refractivity contribution in [1.29, 1.82) is 0 Å². The summed E-state index contributed by atoms with van der Waals surface area (Å²) in [7, 11) is 4.02. The first kappa shape index (κ1) is 51.2. The molecule has 15 nitrogen and oxygen atoms in total. The first-order valence-electron chi connectivity index (χ1n) is 19.5. The van der Waals surface area contributed by atoms with E-state index in [1.807, 2.05) is 14.1 Å². The highest BCUT2D eigenvalue weighted by molar-refractivity contribution is 5.96. The molecule has 0 saturated carbocycles. The number of hydrogen-bond donors (Lipinski definition) is 1. The fraction of sp³-hybridized carbons (Fsp3) is 0.675. The quantitative estimate of drug-likeness (QED) is 0.0753. The van der Waals surface area contributed by atoms with E-state index in [9.17, 15) is 18.0 Å². The van der Waals surface area contributed by atoms with Gasteiger partial charge < -0.3 is 67.1 Å². The minimum absolute atomic E-state index is 0.00337. The van der Waals surface area contributed by atoms with Gasteiger partial charge in [-0.2, -0.15) is 13.2 Å². The van der Waals surface area contributed by atoms with Gasteiger partial charge in [-0.1, -0.05) is 18.2 Å². The van der Waals surface area contributed by atoms with Crippen LogP contribution in [-0.2, 0) is 63.0 Å². The third-order valence-corrected chi connectivity index (χ3v) is 7.48. The Bertz CT molecular complexity index is 1280. The second kappa shape index (κ2) is 34.8. The van der Waals surface area contributed by atoms with Crippen molar-refractivity contribution in [3.05, 3.63) is 59.7 Å². The fourth-order valence-electron chi connectivity index (χ4n) is 4.52. The van der Waals surface area contributed by atoms with Crippen LogP contribution in [0.15, 0.2) is 48.5 Å². The predicted molar refractivity (Wildman–Crippen MR) is 209 cm³/mol. The zero-order valence-electron chi connectivity index (χ0n) is 34.0. The van der Waals surface area contributed by atoms with Crippen molar-refractivity contribution >= 4 is 17.3 Å². The highest BCUT2D eigenvalue weighted by Crippen LogP contribution is 2.32. The summed E-state index contributed by atoms with van der Waals surface area (Å²) < 4.78 is 105. The van der Waals surface area contributed by atoms with Crippen molar-refractivity contribution in [3.8, 4) is 0 Å². The third-order valence-electron chi connectivity index (χ3n) is 7.48. The van der Waals surface area contributed by atoms with E-state index in [4.69, 9.17) is 56.8 Å². The Morgan fingerprint density at radius 3 is 1.24 bits per heavy atom. The van der Waals surface area contributed by atoms with Gasteiger partial charge in [0.15, 0.2) is 0 Å². The van der Waals surface area contributed by atoms with Crippen LogP contribution in [0.4, 0.5) is 24.5 Å². The summed E-state index contributed by atoms with van der Waals surface area (Å²) in [5, 5.41) is 2.86. The molecular weight excluding hydrogens is 773 g/mol. The predicted octanol–water partition coefficient (Wildman–Crippen LogP) is 4.35. The van der Waals surface area contributed by atoms with Crippen LogP contribution in [0, 0.1) is 0 Å². The number of carbonyl (C=O) groups excluding carboxylic acids is 1. The molecule has 0 heterocycles. The topological polar surface area (TPSA) is 143 Å². The van der Waals surface area contributed by atoms with Crippen LogP contribution in [0.25, 0.3) is 0 Å². The van der Waals surface area contributed by atoms with Gasteiger partial charge in [0.25, 0.3) is 0 Å². The van der Waals surface area contributed by atoms with Gasteiger partial charge >= 0.3 is 12.1 Å². The van der Waals surface area contributed by atoms with Crippen LogP contribution >= 0.6 is 0 Å². The molecule has 0 unspecified atom stereocenters. The molecule has 0 amide bonds. The van der Waals surface area contributed by atoms with Gasteiger partial charge in [-0.05, 0) is 44.4 Å². The van der Waals surface area contributed by atoms with Gasteiger partial charge in [-0.3, -0.25) is 0 Å². The number of esters is 1. The second-order valence-corrected chi connectivity index (χ2v) is 12.4. The molecular formula is C40H63F3N2O13. The number of likely N-dealkylation sites (N-methyl/N-ethyl adjacent to an activating group) is 1. The molecule has 0 saturated heterocycles. The fourth-order valence-corrected chi connectivity index (χ4v) is 4.52. The zero-order chi connectivity index (χ0) is 41.8. The Balaban J connectivity index is 1.26. The number of rotatable bonds is 39. The first-order valence-corrected chi connectivity index (χ1v) is 19.5. The second-order valence-electron chi connectivity index (χ2n) is 12.4. The number of nitrogens with zero attached hydrogens (tertiary/aromatic N) is 1. The summed E-state index contributed by atoms with van der Waals surface area (Å²) in [5.41, 5.74) is -0.0940. The van der Waals surface area contributed by atoms with Crippen LogP contribution in [0.5, 0.6) is 0 Å². The van der Waals surface area contributed by atoms with E-state index in [1.54, 1.807) is 18.2 Å². The number of halogens is 3. The standard InChI is InChI=1S/C40H63F3N2O13/c1-45(2)10-11-47-12-13-48-14-15-49-16-17-50-18-19-51-20-21-52-22-23-53-24-25-54-26-27-55-28-29-56-30-31-57-32-33-58-39(46)37-8-3-4-9-38(37)44-36-7-5-6-35(34-36)40(41,42)43/h3-9,34,44H,10-33H2,1-2H3. The molecule has 0 aromatic heterocycles. The monoisotopic (exact) mass is 836 g/mol. The lowest BCUT2D eigenvalue weighted by Gasteiger charge is -2.13. The third kappa shape index (κ3) is 28.4. The van der Waals surface area contributed by atoms with Gasteiger partial charge in [0.05, 0.1) is 162 Å². The van der Waals surface area contributed by atoms with Crippen LogP contribution in [0.2, 0.25) is 0 Å². The number of alkyl halides is 3. The average Bonchev–Trinajstić information content (AvgIpc) is 3.20. The Kier molecular flexibility index (Phi) is 30.7. The van der Waals surface area contributed by atoms with Crippen molar-refractivity contribution in [1.82, 2.24) is 4.90 Å². The maximum atomic E-state index is 13.1. The molecule has 58 heavy (non-hydrogen) atoms. The van der Waals surface area contributed by atoms with Gasteiger partial charge in [0.2, 0.25) is 0 Å². The molecule has 2 aromatic carbocycles. The van der Waals surface area contributed by atoms with E-state index in [-0.39, 0.29) is 24.5 Å². The number of nitrogens with one attached hydrogen (secondary N) is 1. The van der Waals surface area contributed by atoms with Gasteiger partial charge in [-0.15, -0.1) is 0 Å². The Morgan fingerprint density at radius 2 is 0.862 bits per heavy atom. The van der Waals surface area contributed by atoms with E-state index in [2.05, 4.69) is 10.2 Å². The molecule has 1 N–H and O–H groups in total. The summed E-state index contributed by atoms with van der Waals surface area (Å²) in [6.45, 7) is 11.0. The number of carbonyl (C=O) groups is 1. The van der Waals surface area contributed by atoms with Crippen molar-refractivity contribution in [2.45, 2.75) is 6.18 Å². The molecule has 332 valence electrons. The lowest BCUT2D eigenvalue weighted by Crippen LogP contribution is -2.19. The van der Waals surface area contributed by atoms with Crippen LogP contribution in [0.1, 0.15) is 15.9 Å². The molecule has 0 radical (unpaired) electrons. The van der Waals surface area contributed by atoms with Crippen molar-refractivity contribution in [2.75, 3.05) is 178 Å². The Labute approximate surface area is 340 Å². The lowest BCUT2D eigenvalue weighted by molar-refractivity contribution is -0.137. The molecule has 2 aromatic rings. The van der Waals surface area contributed by atoms with Gasteiger partial charge in [0.1, 0.15) is 6.61 Å². The van der Waals surface area contributed by atoms with E-state index in [0.717, 1.165) is 18.7 Å². The number of anilines is 2. The van der Waals surface area contributed by atoms with E-state index in [1.165, 1.54) is 18.2 Å². The zero-order valence-corrected chi connectivity index (χ0v) is 34.0. The number of benzene rings is 2. The molecule has 18 heteroatoms. The molecule has 0 bridgehead atoms. The molecule has 0 atom stereocenters. The van der Waals surface area contributed by atoms with Gasteiger partial charge in [0, 0.05) is 12.2 Å². The molecule has 0 fully saturated rings. The molecule has 2 rings (SSSR count). The maximum Gasteiger partial charge on any atom is 0.416 e. The largest absolute Gasteiger partial charge is 0.460 e. The summed E-state index contributed by atoms with van der Waals surface area (Å²) in [6, 6.07) is 11.1. The van der Waals surface area contributed by atoms with E-state index >= 15 is 0 Å². The average molecular weight is 837 g/mol. The lowest BCUT2D eigenvalue weighted by atomic mass is 10.1. The smallest absolute Gasteiger partial charge is 0.416 e. The van der Waals surface area contributed by atoms with Crippen molar-refractivity contribution in [2.24, 2.45) is 0 Å². The van der Waals surface area contributed by atoms with Gasteiger partial charge in [-0.25, -0.2) is 4.79 Å². The first-order chi connectivity index (χ1) is 28.3. The minimum Gasteiger partial charge on any atom is -0.460 e. The number of hydrogen-bond acceptors (Lipinski definition) is 15. The molecule has 0 aliphatic rings. The number of ether oxygens (including phenoxy) is 12. The summed E-state index contributed by atoms with van der Waals surface area (Å²) in [6.07, 6.45) is -4.48. The molecule has 0 aliphatic carbocycles. The molecule has 0 aliphatic heterocycles. The Morgan fingerprint density at radius 1 is 0.500 bits per heavy atom. The van der Waals surface area contributed by atoms with Crippen LogP contribution in [0.3, 0.4) is 0 Å². The highest BCUT2D eigenvalue weighted by Gasteiger charge is 2.30. The SMILES string of the molecule is CN(C)CCOCCOCCOCCOCCOCCOCCOCCOCCOCCOCCOCCOC(=O)c1ccccc1Nc1cccc(C(F)(F)F)c1. The van der Waals surface area contributed by atoms with E-state index in [0.29, 0.717) is 144 Å². The highest BCUT2D eigenvalue weighted by atomic mass is 19.4. The van der Waals surface area contributed by atoms with Crippen molar-refractivity contribution in [3.63, 3.8) is 0 Å². The minimum atomic E-state index is -4.48.